The third kappa shape index (κ3) is 2.86. The maximum absolute atomic E-state index is 10.0. The molecule has 1 aromatic rings. The Kier molecular flexibility index (Phi) is 4.43. The lowest BCUT2D eigenvalue weighted by Crippen LogP contribution is -2.35. The summed E-state index contributed by atoms with van der Waals surface area (Å²) in [5.74, 6) is 1.66. The van der Waals surface area contributed by atoms with Crippen molar-refractivity contribution in [2.45, 2.75) is 25.5 Å². The fourth-order valence-corrected chi connectivity index (χ4v) is 1.69. The van der Waals surface area contributed by atoms with Gasteiger partial charge in [-0.25, -0.2) is 0 Å². The minimum atomic E-state index is -1.09. The van der Waals surface area contributed by atoms with E-state index in [1.807, 2.05) is 0 Å². The van der Waals surface area contributed by atoms with Crippen molar-refractivity contribution in [2.24, 2.45) is 5.73 Å². The predicted molar refractivity (Wildman–Crippen MR) is 69.3 cm³/mol. The molecule has 1 rings (SSSR count). The largest absolute Gasteiger partial charge is 0.496 e. The van der Waals surface area contributed by atoms with E-state index in [2.05, 4.69) is 0 Å². The summed E-state index contributed by atoms with van der Waals surface area (Å²) in [4.78, 5) is 0. The Hall–Kier alpha value is -1.46. The van der Waals surface area contributed by atoms with Gasteiger partial charge in [0.05, 0.1) is 38.5 Å². The van der Waals surface area contributed by atoms with Crippen molar-refractivity contribution < 1.29 is 19.3 Å². The van der Waals surface area contributed by atoms with E-state index in [4.69, 9.17) is 19.9 Å². The molecule has 0 heterocycles. The van der Waals surface area contributed by atoms with E-state index < -0.39 is 11.6 Å². The first-order chi connectivity index (χ1) is 8.35. The number of ether oxygens (including phenoxy) is 3. The average molecular weight is 255 g/mol. The van der Waals surface area contributed by atoms with Crippen LogP contribution in [0.5, 0.6) is 17.2 Å². The molecule has 102 valence electrons. The van der Waals surface area contributed by atoms with Gasteiger partial charge in [-0.1, -0.05) is 0 Å². The van der Waals surface area contributed by atoms with Crippen molar-refractivity contribution in [3.05, 3.63) is 17.7 Å². The zero-order chi connectivity index (χ0) is 13.9. The van der Waals surface area contributed by atoms with Crippen molar-refractivity contribution >= 4 is 0 Å². The first-order valence-corrected chi connectivity index (χ1v) is 5.63. The third-order valence-corrected chi connectivity index (χ3v) is 2.83. The van der Waals surface area contributed by atoms with Crippen LogP contribution in [-0.4, -0.2) is 32.0 Å². The molecule has 5 heteroatoms. The first-order valence-electron chi connectivity index (χ1n) is 5.63. The minimum Gasteiger partial charge on any atom is -0.496 e. The lowest BCUT2D eigenvalue weighted by Gasteiger charge is -2.28. The van der Waals surface area contributed by atoms with Crippen LogP contribution in [0.15, 0.2) is 12.1 Å². The van der Waals surface area contributed by atoms with Crippen LogP contribution >= 0.6 is 0 Å². The molecule has 0 aliphatic carbocycles. The summed E-state index contributed by atoms with van der Waals surface area (Å²) in [5, 5.41) is 10.0. The van der Waals surface area contributed by atoms with Gasteiger partial charge in [-0.15, -0.1) is 0 Å². The maximum atomic E-state index is 10.0. The Morgan fingerprint density at radius 1 is 1.06 bits per heavy atom. The van der Waals surface area contributed by atoms with Crippen molar-refractivity contribution in [3.63, 3.8) is 0 Å². The van der Waals surface area contributed by atoms with E-state index >= 15 is 0 Å². The molecule has 0 aromatic heterocycles. The predicted octanol–water partition coefficient (Wildman–Crippen LogP) is 1.48. The van der Waals surface area contributed by atoms with Crippen LogP contribution in [0.25, 0.3) is 0 Å². The molecule has 0 radical (unpaired) electrons. The molecular weight excluding hydrogens is 234 g/mol. The van der Waals surface area contributed by atoms with Gasteiger partial charge in [-0.05, 0) is 13.8 Å². The monoisotopic (exact) mass is 255 g/mol. The Labute approximate surface area is 107 Å². The van der Waals surface area contributed by atoms with Crippen LogP contribution in [0.4, 0.5) is 0 Å². The Morgan fingerprint density at radius 3 is 1.78 bits per heavy atom. The van der Waals surface area contributed by atoms with E-state index in [0.717, 1.165) is 0 Å². The molecular formula is C13H21NO4. The summed E-state index contributed by atoms with van der Waals surface area (Å²) in [5.41, 5.74) is 5.60. The van der Waals surface area contributed by atoms with Gasteiger partial charge in [0.2, 0.25) is 0 Å². The molecule has 0 spiro atoms. The molecule has 3 N–H and O–H groups in total. The van der Waals surface area contributed by atoms with Crippen molar-refractivity contribution in [1.29, 1.82) is 0 Å². The highest BCUT2D eigenvalue weighted by atomic mass is 16.5. The van der Waals surface area contributed by atoms with Crippen molar-refractivity contribution in [2.75, 3.05) is 21.3 Å². The number of benzene rings is 1. The number of methoxy groups -OCH3 is 3. The van der Waals surface area contributed by atoms with E-state index in [1.165, 1.54) is 14.2 Å². The quantitative estimate of drug-likeness (QED) is 0.833. The second kappa shape index (κ2) is 5.46. The molecule has 0 saturated carbocycles. The van der Waals surface area contributed by atoms with Crippen LogP contribution in [0.1, 0.15) is 25.5 Å². The van der Waals surface area contributed by atoms with Crippen LogP contribution in [0.2, 0.25) is 0 Å². The van der Waals surface area contributed by atoms with Gasteiger partial charge in [0, 0.05) is 12.1 Å². The van der Waals surface area contributed by atoms with E-state index in [-0.39, 0.29) is 0 Å². The molecule has 18 heavy (non-hydrogen) atoms. The van der Waals surface area contributed by atoms with Crippen LogP contribution < -0.4 is 19.9 Å². The van der Waals surface area contributed by atoms with E-state index in [1.54, 1.807) is 33.1 Å². The van der Waals surface area contributed by atoms with Gasteiger partial charge in [0.1, 0.15) is 17.2 Å². The van der Waals surface area contributed by atoms with Gasteiger partial charge < -0.3 is 25.1 Å². The highest BCUT2D eigenvalue weighted by molar-refractivity contribution is 5.53. The highest BCUT2D eigenvalue weighted by Gasteiger charge is 2.30. The van der Waals surface area contributed by atoms with E-state index in [0.29, 0.717) is 22.8 Å². The van der Waals surface area contributed by atoms with Gasteiger partial charge >= 0.3 is 0 Å². The lowest BCUT2D eigenvalue weighted by molar-refractivity contribution is 0.0499. The zero-order valence-electron chi connectivity index (χ0n) is 11.5. The molecule has 5 nitrogen and oxygen atoms in total. The molecule has 0 aliphatic rings. The van der Waals surface area contributed by atoms with Crippen LogP contribution in [-0.2, 0) is 0 Å². The molecule has 0 amide bonds. The van der Waals surface area contributed by atoms with Gasteiger partial charge in [0.25, 0.3) is 0 Å². The number of nitrogens with two attached hydrogens (primary N) is 1. The fourth-order valence-electron chi connectivity index (χ4n) is 1.69. The number of hydrogen-bond acceptors (Lipinski definition) is 5. The smallest absolute Gasteiger partial charge is 0.131 e. The van der Waals surface area contributed by atoms with Gasteiger partial charge in [-0.3, -0.25) is 0 Å². The van der Waals surface area contributed by atoms with E-state index in [9.17, 15) is 5.11 Å². The molecule has 1 unspecified atom stereocenters. The topological polar surface area (TPSA) is 73.9 Å². The number of rotatable bonds is 5. The molecule has 0 fully saturated rings. The summed E-state index contributed by atoms with van der Waals surface area (Å²) in [6.07, 6.45) is 0. The molecule has 0 aliphatic heterocycles. The summed E-state index contributed by atoms with van der Waals surface area (Å²) in [6.45, 7) is 3.28. The second-order valence-electron chi connectivity index (χ2n) is 4.58. The second-order valence-corrected chi connectivity index (χ2v) is 4.58. The summed E-state index contributed by atoms with van der Waals surface area (Å²) in [6, 6.07) is 2.79. The number of aliphatic hydroxyl groups is 1. The van der Waals surface area contributed by atoms with Gasteiger partial charge in [0.15, 0.2) is 0 Å². The summed E-state index contributed by atoms with van der Waals surface area (Å²) < 4.78 is 15.7. The van der Waals surface area contributed by atoms with Crippen LogP contribution in [0.3, 0.4) is 0 Å². The zero-order valence-corrected chi connectivity index (χ0v) is 11.5. The Morgan fingerprint density at radius 2 is 1.50 bits per heavy atom. The standard InChI is InChI=1S/C13H21NO4/c1-13(2,15)12(14)11-9(17-4)6-8(16-3)7-10(11)18-5/h6-7,12,15H,14H2,1-5H3. The molecule has 0 saturated heterocycles. The van der Waals surface area contributed by atoms with Gasteiger partial charge in [-0.2, -0.15) is 0 Å². The highest BCUT2D eigenvalue weighted by Crippen LogP contribution is 2.40. The Balaban J connectivity index is 3.40. The molecule has 0 bridgehead atoms. The fraction of sp³-hybridized carbons (Fsp3) is 0.538. The average Bonchev–Trinajstić information content (AvgIpc) is 2.34. The Bertz CT molecular complexity index is 387. The minimum absolute atomic E-state index is 0.529. The third-order valence-electron chi connectivity index (χ3n) is 2.83. The molecule has 1 aromatic carbocycles. The van der Waals surface area contributed by atoms with Crippen LogP contribution in [0, 0.1) is 0 Å². The first kappa shape index (κ1) is 14.6. The SMILES string of the molecule is COc1cc(OC)c(C(N)C(C)(C)O)c(OC)c1. The molecule has 1 atom stereocenters. The normalized spacial score (nSPS) is 13.1. The summed E-state index contributed by atoms with van der Waals surface area (Å²) in [7, 11) is 4.63. The lowest BCUT2D eigenvalue weighted by atomic mass is 9.91. The van der Waals surface area contributed by atoms with Crippen molar-refractivity contribution in [3.8, 4) is 17.2 Å². The number of hydrogen-bond donors (Lipinski definition) is 2. The summed E-state index contributed by atoms with van der Waals surface area (Å²) >= 11 is 0. The maximum Gasteiger partial charge on any atom is 0.131 e. The van der Waals surface area contributed by atoms with Crippen molar-refractivity contribution in [1.82, 2.24) is 0 Å².